The fourth-order valence-corrected chi connectivity index (χ4v) is 1.37. The van der Waals surface area contributed by atoms with E-state index in [1.807, 2.05) is 24.3 Å². The molecule has 0 aliphatic rings. The second kappa shape index (κ2) is 6.06. The van der Waals surface area contributed by atoms with Crippen LogP contribution in [0.1, 0.15) is 18.9 Å². The number of amides is 1. The number of para-hydroxylation sites is 1. The van der Waals surface area contributed by atoms with Gasteiger partial charge in [-0.05, 0) is 18.1 Å². The Hall–Kier alpha value is -1.51. The number of likely N-dealkylation sites (N-methyl/N-ethyl adjacent to an activating group) is 1. The molecule has 15 heavy (non-hydrogen) atoms. The van der Waals surface area contributed by atoms with Crippen LogP contribution >= 0.6 is 0 Å². The molecule has 0 bridgehead atoms. The first-order valence-corrected chi connectivity index (χ1v) is 5.30. The van der Waals surface area contributed by atoms with E-state index in [2.05, 4.69) is 17.6 Å². The Balaban J connectivity index is 2.72. The molecule has 0 heterocycles. The highest BCUT2D eigenvalue weighted by Crippen LogP contribution is 2.15. The van der Waals surface area contributed by atoms with Crippen molar-refractivity contribution >= 4 is 11.6 Å². The van der Waals surface area contributed by atoms with Gasteiger partial charge in [0.1, 0.15) is 0 Å². The van der Waals surface area contributed by atoms with Gasteiger partial charge in [-0.1, -0.05) is 25.1 Å². The van der Waals surface area contributed by atoms with E-state index in [-0.39, 0.29) is 5.91 Å². The van der Waals surface area contributed by atoms with E-state index in [0.29, 0.717) is 6.42 Å². The van der Waals surface area contributed by atoms with Crippen LogP contribution < -0.4 is 10.6 Å². The fourth-order valence-electron chi connectivity index (χ4n) is 1.37. The van der Waals surface area contributed by atoms with Gasteiger partial charge in [-0.25, -0.2) is 0 Å². The SMILES string of the molecule is CCCNc1ccccc1CC(=O)NC. The summed E-state index contributed by atoms with van der Waals surface area (Å²) in [6.45, 7) is 3.05. The first-order valence-electron chi connectivity index (χ1n) is 5.30. The molecular weight excluding hydrogens is 188 g/mol. The number of anilines is 1. The molecule has 0 atom stereocenters. The predicted octanol–water partition coefficient (Wildman–Crippen LogP) is 1.80. The normalized spacial score (nSPS) is 9.73. The highest BCUT2D eigenvalue weighted by atomic mass is 16.1. The fraction of sp³-hybridized carbons (Fsp3) is 0.417. The molecule has 0 aliphatic carbocycles. The first kappa shape index (κ1) is 11.6. The summed E-state index contributed by atoms with van der Waals surface area (Å²) in [5.41, 5.74) is 2.10. The Kier molecular flexibility index (Phi) is 4.68. The summed E-state index contributed by atoms with van der Waals surface area (Å²) < 4.78 is 0. The standard InChI is InChI=1S/C12H18N2O/c1-3-8-14-11-7-5-4-6-10(11)9-12(15)13-2/h4-7,14H,3,8-9H2,1-2H3,(H,13,15). The predicted molar refractivity (Wildman–Crippen MR) is 63.0 cm³/mol. The number of hydrogen-bond donors (Lipinski definition) is 2. The second-order valence-corrected chi connectivity index (χ2v) is 3.43. The van der Waals surface area contributed by atoms with Gasteiger partial charge in [0.15, 0.2) is 0 Å². The maximum Gasteiger partial charge on any atom is 0.224 e. The summed E-state index contributed by atoms with van der Waals surface area (Å²) in [6, 6.07) is 7.92. The van der Waals surface area contributed by atoms with Crippen LogP contribution in [0, 0.1) is 0 Å². The van der Waals surface area contributed by atoms with Gasteiger partial charge in [0.05, 0.1) is 6.42 Å². The van der Waals surface area contributed by atoms with Crippen LogP contribution in [0.5, 0.6) is 0 Å². The van der Waals surface area contributed by atoms with Crippen molar-refractivity contribution in [2.75, 3.05) is 18.9 Å². The molecule has 1 amide bonds. The Morgan fingerprint density at radius 2 is 2.07 bits per heavy atom. The average Bonchev–Trinajstić information content (AvgIpc) is 2.28. The quantitative estimate of drug-likeness (QED) is 0.771. The third kappa shape index (κ3) is 3.62. The van der Waals surface area contributed by atoms with Crippen LogP contribution in [-0.4, -0.2) is 19.5 Å². The molecule has 0 saturated heterocycles. The number of nitrogens with one attached hydrogen (secondary N) is 2. The van der Waals surface area contributed by atoms with Gasteiger partial charge in [0, 0.05) is 19.3 Å². The van der Waals surface area contributed by atoms with Gasteiger partial charge in [0.2, 0.25) is 5.91 Å². The lowest BCUT2D eigenvalue weighted by molar-refractivity contribution is -0.119. The van der Waals surface area contributed by atoms with Crippen LogP contribution in [0.3, 0.4) is 0 Å². The maximum absolute atomic E-state index is 11.3. The van der Waals surface area contributed by atoms with Crippen molar-refractivity contribution in [2.24, 2.45) is 0 Å². The molecule has 1 rings (SSSR count). The summed E-state index contributed by atoms with van der Waals surface area (Å²) in [5, 5.41) is 5.94. The topological polar surface area (TPSA) is 41.1 Å². The van der Waals surface area contributed by atoms with Crippen molar-refractivity contribution in [1.29, 1.82) is 0 Å². The van der Waals surface area contributed by atoms with Gasteiger partial charge in [0.25, 0.3) is 0 Å². The second-order valence-electron chi connectivity index (χ2n) is 3.43. The van der Waals surface area contributed by atoms with E-state index in [0.717, 1.165) is 24.2 Å². The van der Waals surface area contributed by atoms with Crippen LogP contribution in [0.2, 0.25) is 0 Å². The van der Waals surface area contributed by atoms with E-state index in [4.69, 9.17) is 0 Å². The van der Waals surface area contributed by atoms with Gasteiger partial charge in [-0.2, -0.15) is 0 Å². The zero-order chi connectivity index (χ0) is 11.1. The smallest absolute Gasteiger partial charge is 0.224 e. The molecular formula is C12H18N2O. The van der Waals surface area contributed by atoms with E-state index >= 15 is 0 Å². The lowest BCUT2D eigenvalue weighted by Crippen LogP contribution is -2.20. The largest absolute Gasteiger partial charge is 0.385 e. The molecule has 1 aromatic carbocycles. The molecule has 0 saturated carbocycles. The highest BCUT2D eigenvalue weighted by molar-refractivity contribution is 5.80. The minimum Gasteiger partial charge on any atom is -0.385 e. The summed E-state index contributed by atoms with van der Waals surface area (Å²) in [7, 11) is 1.66. The van der Waals surface area contributed by atoms with Gasteiger partial charge in [-0.15, -0.1) is 0 Å². The van der Waals surface area contributed by atoms with Crippen LogP contribution in [-0.2, 0) is 11.2 Å². The molecule has 82 valence electrons. The zero-order valence-electron chi connectivity index (χ0n) is 9.34. The van der Waals surface area contributed by atoms with E-state index in [1.54, 1.807) is 7.05 Å². The first-order chi connectivity index (χ1) is 7.27. The van der Waals surface area contributed by atoms with Crippen LogP contribution in [0.15, 0.2) is 24.3 Å². The van der Waals surface area contributed by atoms with Crippen molar-refractivity contribution in [3.8, 4) is 0 Å². The highest BCUT2D eigenvalue weighted by Gasteiger charge is 2.05. The van der Waals surface area contributed by atoms with Crippen molar-refractivity contribution in [1.82, 2.24) is 5.32 Å². The number of rotatable bonds is 5. The molecule has 0 radical (unpaired) electrons. The molecule has 0 unspecified atom stereocenters. The number of carbonyl (C=O) groups excluding carboxylic acids is 1. The van der Waals surface area contributed by atoms with Crippen molar-refractivity contribution in [3.05, 3.63) is 29.8 Å². The summed E-state index contributed by atoms with van der Waals surface area (Å²) >= 11 is 0. The Morgan fingerprint density at radius 1 is 1.33 bits per heavy atom. The Bertz CT molecular complexity index is 323. The third-order valence-electron chi connectivity index (χ3n) is 2.21. The third-order valence-corrected chi connectivity index (χ3v) is 2.21. The molecule has 3 nitrogen and oxygen atoms in total. The van der Waals surface area contributed by atoms with E-state index in [9.17, 15) is 4.79 Å². The molecule has 0 fully saturated rings. The number of hydrogen-bond acceptors (Lipinski definition) is 2. The summed E-state index contributed by atoms with van der Waals surface area (Å²) in [4.78, 5) is 11.3. The summed E-state index contributed by atoms with van der Waals surface area (Å²) in [6.07, 6.45) is 1.51. The molecule has 0 spiro atoms. The van der Waals surface area contributed by atoms with Crippen molar-refractivity contribution in [2.45, 2.75) is 19.8 Å². The molecule has 3 heteroatoms. The maximum atomic E-state index is 11.3. The van der Waals surface area contributed by atoms with Gasteiger partial charge >= 0.3 is 0 Å². The van der Waals surface area contributed by atoms with Crippen LogP contribution in [0.25, 0.3) is 0 Å². The molecule has 2 N–H and O–H groups in total. The van der Waals surface area contributed by atoms with E-state index in [1.165, 1.54) is 0 Å². The average molecular weight is 206 g/mol. The molecule has 1 aromatic rings. The Labute approximate surface area is 90.9 Å². The zero-order valence-corrected chi connectivity index (χ0v) is 9.34. The summed E-state index contributed by atoms with van der Waals surface area (Å²) in [5.74, 6) is 0.0424. The van der Waals surface area contributed by atoms with Gasteiger partial charge < -0.3 is 10.6 Å². The molecule has 0 aliphatic heterocycles. The van der Waals surface area contributed by atoms with Crippen molar-refractivity contribution < 1.29 is 4.79 Å². The lowest BCUT2D eigenvalue weighted by Gasteiger charge is -2.10. The minimum atomic E-state index is 0.0424. The monoisotopic (exact) mass is 206 g/mol. The Morgan fingerprint density at radius 3 is 2.73 bits per heavy atom. The molecule has 0 aromatic heterocycles. The number of carbonyl (C=O) groups is 1. The minimum absolute atomic E-state index is 0.0424. The van der Waals surface area contributed by atoms with E-state index < -0.39 is 0 Å². The van der Waals surface area contributed by atoms with Crippen LogP contribution in [0.4, 0.5) is 5.69 Å². The van der Waals surface area contributed by atoms with Gasteiger partial charge in [-0.3, -0.25) is 4.79 Å². The van der Waals surface area contributed by atoms with Crippen molar-refractivity contribution in [3.63, 3.8) is 0 Å². The number of benzene rings is 1. The lowest BCUT2D eigenvalue weighted by atomic mass is 10.1.